The molecule has 0 saturated heterocycles. The Hall–Kier alpha value is -2.82. The van der Waals surface area contributed by atoms with E-state index in [2.05, 4.69) is 4.57 Å². The molecule has 0 spiro atoms. The van der Waals surface area contributed by atoms with Gasteiger partial charge in [0.1, 0.15) is 24.3 Å². The number of rotatable bonds is 7. The number of para-hydroxylation sites is 3. The fourth-order valence-corrected chi connectivity index (χ4v) is 3.45. The minimum atomic E-state index is -0.664. The van der Waals surface area contributed by atoms with Crippen LogP contribution in [0.3, 0.4) is 0 Å². The minimum Gasteiger partial charge on any atom is -0.491 e. The Bertz CT molecular complexity index is 1060. The van der Waals surface area contributed by atoms with Gasteiger partial charge in [0.05, 0.1) is 17.6 Å². The Kier molecular flexibility index (Phi) is 5.60. The number of nitrogens with zero attached hydrogens (tertiary/aromatic N) is 2. The zero-order chi connectivity index (χ0) is 19.3. The summed E-state index contributed by atoms with van der Waals surface area (Å²) in [6.45, 7) is 0.606. The summed E-state index contributed by atoms with van der Waals surface area (Å²) in [6.07, 6.45) is -0.0662. The van der Waals surface area contributed by atoms with Crippen LogP contribution in [0.1, 0.15) is 11.4 Å². The largest absolute Gasteiger partial charge is 0.491 e. The second-order valence-corrected chi connectivity index (χ2v) is 7.08. The van der Waals surface area contributed by atoms with E-state index in [1.807, 2.05) is 78.9 Å². The first kappa shape index (κ1) is 18.5. The van der Waals surface area contributed by atoms with E-state index in [-0.39, 0.29) is 6.61 Å². The highest BCUT2D eigenvalue weighted by Gasteiger charge is 2.16. The van der Waals surface area contributed by atoms with Gasteiger partial charge in [0, 0.05) is 11.4 Å². The van der Waals surface area contributed by atoms with E-state index in [9.17, 15) is 5.11 Å². The molecule has 0 fully saturated rings. The second kappa shape index (κ2) is 8.46. The Morgan fingerprint density at radius 3 is 2.46 bits per heavy atom. The summed E-state index contributed by atoms with van der Waals surface area (Å²) in [6, 6.07) is 25.2. The summed E-state index contributed by atoms with van der Waals surface area (Å²) in [5, 5.41) is 11.3. The number of fused-ring (bicyclic) bond motifs is 1. The smallest absolute Gasteiger partial charge is 0.119 e. The molecule has 0 aliphatic heterocycles. The van der Waals surface area contributed by atoms with Gasteiger partial charge in [-0.05, 0) is 35.9 Å². The Labute approximate surface area is 169 Å². The van der Waals surface area contributed by atoms with Gasteiger partial charge in [0.2, 0.25) is 0 Å². The van der Waals surface area contributed by atoms with Crippen molar-refractivity contribution in [1.82, 2.24) is 9.55 Å². The molecule has 0 radical (unpaired) electrons. The van der Waals surface area contributed by atoms with E-state index in [1.165, 1.54) is 0 Å². The molecule has 1 heterocycles. The lowest BCUT2D eigenvalue weighted by atomic mass is 10.1. The van der Waals surface area contributed by atoms with Gasteiger partial charge in [-0.15, -0.1) is 0 Å². The molecule has 1 aromatic heterocycles. The Morgan fingerprint density at radius 1 is 0.929 bits per heavy atom. The van der Waals surface area contributed by atoms with Crippen LogP contribution in [0.25, 0.3) is 11.0 Å². The number of imidazole rings is 1. The maximum atomic E-state index is 10.6. The van der Waals surface area contributed by atoms with Gasteiger partial charge >= 0.3 is 0 Å². The predicted molar refractivity (Wildman–Crippen MR) is 112 cm³/mol. The van der Waals surface area contributed by atoms with Crippen LogP contribution in [0, 0.1) is 0 Å². The first-order chi connectivity index (χ1) is 13.7. The molecule has 3 aromatic carbocycles. The van der Waals surface area contributed by atoms with E-state index in [1.54, 1.807) is 0 Å². The zero-order valence-electron chi connectivity index (χ0n) is 15.3. The van der Waals surface area contributed by atoms with Gasteiger partial charge < -0.3 is 14.4 Å². The maximum absolute atomic E-state index is 10.6. The van der Waals surface area contributed by atoms with Gasteiger partial charge in [-0.3, -0.25) is 0 Å². The number of hydrogen-bond donors (Lipinski definition) is 1. The molecule has 0 saturated carbocycles. The SMILES string of the molecule is OC(COc1ccccc1)Cn1c(Cc2ccccc2Cl)nc2ccccc21. The van der Waals surface area contributed by atoms with Crippen molar-refractivity contribution in [2.75, 3.05) is 6.61 Å². The van der Waals surface area contributed by atoms with Crippen LogP contribution >= 0.6 is 11.6 Å². The summed E-state index contributed by atoms with van der Waals surface area (Å²) in [4.78, 5) is 4.77. The molecule has 5 heteroatoms. The van der Waals surface area contributed by atoms with Crippen molar-refractivity contribution in [3.05, 3.63) is 95.3 Å². The van der Waals surface area contributed by atoms with Crippen LogP contribution in [-0.2, 0) is 13.0 Å². The van der Waals surface area contributed by atoms with Gasteiger partial charge in [0.25, 0.3) is 0 Å². The number of ether oxygens (including phenoxy) is 1. The molecule has 0 aliphatic rings. The minimum absolute atomic E-state index is 0.210. The molecule has 4 aromatic rings. The summed E-state index contributed by atoms with van der Waals surface area (Å²) in [7, 11) is 0. The maximum Gasteiger partial charge on any atom is 0.119 e. The highest BCUT2D eigenvalue weighted by Crippen LogP contribution is 2.23. The van der Waals surface area contributed by atoms with Gasteiger partial charge in [-0.2, -0.15) is 0 Å². The lowest BCUT2D eigenvalue weighted by molar-refractivity contribution is 0.0928. The van der Waals surface area contributed by atoms with Crippen molar-refractivity contribution < 1.29 is 9.84 Å². The van der Waals surface area contributed by atoms with E-state index in [0.29, 0.717) is 18.0 Å². The first-order valence-corrected chi connectivity index (χ1v) is 9.62. The van der Waals surface area contributed by atoms with Crippen LogP contribution in [-0.4, -0.2) is 27.4 Å². The number of halogens is 1. The van der Waals surface area contributed by atoms with E-state index >= 15 is 0 Å². The van der Waals surface area contributed by atoms with Crippen molar-refractivity contribution in [2.24, 2.45) is 0 Å². The third kappa shape index (κ3) is 4.19. The average molecular weight is 393 g/mol. The van der Waals surface area contributed by atoms with Gasteiger partial charge in [-0.25, -0.2) is 4.98 Å². The molecule has 0 bridgehead atoms. The lowest BCUT2D eigenvalue weighted by Gasteiger charge is -2.16. The fraction of sp³-hybridized carbons (Fsp3) is 0.174. The number of aliphatic hydroxyl groups is 1. The molecule has 142 valence electrons. The number of hydrogen-bond acceptors (Lipinski definition) is 3. The highest BCUT2D eigenvalue weighted by atomic mass is 35.5. The molecule has 1 atom stereocenters. The first-order valence-electron chi connectivity index (χ1n) is 9.24. The third-order valence-corrected chi connectivity index (χ3v) is 4.99. The van der Waals surface area contributed by atoms with Crippen LogP contribution in [0.5, 0.6) is 5.75 Å². The van der Waals surface area contributed by atoms with Crippen LogP contribution < -0.4 is 4.74 Å². The van der Waals surface area contributed by atoms with E-state index in [4.69, 9.17) is 21.3 Å². The number of aliphatic hydroxyl groups excluding tert-OH is 1. The molecule has 28 heavy (non-hydrogen) atoms. The van der Waals surface area contributed by atoms with Crippen molar-refractivity contribution in [2.45, 2.75) is 19.1 Å². The summed E-state index contributed by atoms with van der Waals surface area (Å²) < 4.78 is 7.75. The molecule has 0 aliphatic carbocycles. The summed E-state index contributed by atoms with van der Waals surface area (Å²) in [5.41, 5.74) is 2.90. The molecular weight excluding hydrogens is 372 g/mol. The molecule has 4 rings (SSSR count). The Morgan fingerprint density at radius 2 is 1.64 bits per heavy atom. The standard InChI is InChI=1S/C23H21ClN2O2/c24-20-11-5-4-8-17(20)14-23-25-21-12-6-7-13-22(21)26(23)15-18(27)16-28-19-9-2-1-3-10-19/h1-13,18,27H,14-16H2. The fourth-order valence-electron chi connectivity index (χ4n) is 3.25. The molecule has 1 N–H and O–H groups in total. The van der Waals surface area contributed by atoms with Crippen molar-refractivity contribution in [3.8, 4) is 5.75 Å². The highest BCUT2D eigenvalue weighted by molar-refractivity contribution is 6.31. The summed E-state index contributed by atoms with van der Waals surface area (Å²) in [5.74, 6) is 1.61. The monoisotopic (exact) mass is 392 g/mol. The van der Waals surface area contributed by atoms with Crippen LogP contribution in [0.2, 0.25) is 5.02 Å². The number of aromatic nitrogens is 2. The van der Waals surface area contributed by atoms with E-state index < -0.39 is 6.10 Å². The zero-order valence-corrected chi connectivity index (χ0v) is 16.1. The quantitative estimate of drug-likeness (QED) is 0.495. The van der Waals surface area contributed by atoms with Crippen molar-refractivity contribution in [1.29, 1.82) is 0 Å². The van der Waals surface area contributed by atoms with Crippen molar-refractivity contribution in [3.63, 3.8) is 0 Å². The van der Waals surface area contributed by atoms with E-state index in [0.717, 1.165) is 28.2 Å². The second-order valence-electron chi connectivity index (χ2n) is 6.67. The number of benzene rings is 3. The lowest BCUT2D eigenvalue weighted by Crippen LogP contribution is -2.24. The summed E-state index contributed by atoms with van der Waals surface area (Å²) >= 11 is 6.34. The van der Waals surface area contributed by atoms with Crippen LogP contribution in [0.15, 0.2) is 78.9 Å². The van der Waals surface area contributed by atoms with Gasteiger partial charge in [0.15, 0.2) is 0 Å². The average Bonchev–Trinajstić information content (AvgIpc) is 3.06. The molecule has 0 amide bonds. The predicted octanol–water partition coefficient (Wildman–Crippen LogP) is 4.72. The molecule has 1 unspecified atom stereocenters. The Balaban J connectivity index is 1.57. The molecule has 4 nitrogen and oxygen atoms in total. The van der Waals surface area contributed by atoms with Crippen LogP contribution in [0.4, 0.5) is 0 Å². The normalized spacial score (nSPS) is 12.2. The third-order valence-electron chi connectivity index (χ3n) is 4.62. The van der Waals surface area contributed by atoms with Gasteiger partial charge in [-0.1, -0.05) is 60.1 Å². The van der Waals surface area contributed by atoms with Crippen molar-refractivity contribution >= 4 is 22.6 Å². The molecular formula is C23H21ClN2O2. The topological polar surface area (TPSA) is 47.3 Å².